The van der Waals surface area contributed by atoms with Gasteiger partial charge in [-0.3, -0.25) is 0 Å². The predicted molar refractivity (Wildman–Crippen MR) is 41.5 cm³/mol. The fourth-order valence-electron chi connectivity index (χ4n) is 0.398. The van der Waals surface area contributed by atoms with Crippen LogP contribution in [0, 0.1) is 0 Å². The highest BCUT2D eigenvalue weighted by Crippen LogP contribution is 2.13. The molecule has 0 aliphatic carbocycles. The Morgan fingerprint density at radius 3 is 2.00 bits per heavy atom. The van der Waals surface area contributed by atoms with Crippen molar-refractivity contribution in [2.24, 2.45) is 0 Å². The van der Waals surface area contributed by atoms with Crippen LogP contribution < -0.4 is 0 Å². The molecule has 0 rings (SSSR count). The fraction of sp³-hybridized carbons (Fsp3) is 1.00. The molecule has 0 radical (unpaired) electrons. The van der Waals surface area contributed by atoms with E-state index in [0.29, 0.717) is 12.8 Å². The molecular weight excluding hydrogens is 182 g/mol. The van der Waals surface area contributed by atoms with E-state index in [-0.39, 0.29) is 16.8 Å². The first-order valence-corrected chi connectivity index (χ1v) is 4.00. The van der Waals surface area contributed by atoms with Crippen LogP contribution in [0.5, 0.6) is 0 Å². The Kier molecular flexibility index (Phi) is 6.12. The lowest BCUT2D eigenvalue weighted by Gasteiger charge is -2.04. The third-order valence-electron chi connectivity index (χ3n) is 0.896. The summed E-state index contributed by atoms with van der Waals surface area (Å²) in [6.07, 6.45) is 1.30. The fourth-order valence-corrected chi connectivity index (χ4v) is 0.776. The van der Waals surface area contributed by atoms with Crippen molar-refractivity contribution < 1.29 is 5.11 Å². The molecule has 1 atom stereocenters. The second-order valence-corrected chi connectivity index (χ2v) is 3.64. The quantitative estimate of drug-likeness (QED) is 0.675. The summed E-state index contributed by atoms with van der Waals surface area (Å²) in [5, 5.41) is 8.23. The number of rotatable bonds is 4. The third kappa shape index (κ3) is 6.72. The van der Waals surface area contributed by atoms with Crippen LogP contribution in [0.2, 0.25) is 0 Å². The van der Waals surface area contributed by atoms with Crippen LogP contribution in [0.4, 0.5) is 0 Å². The van der Waals surface area contributed by atoms with Crippen molar-refractivity contribution in [2.45, 2.75) is 23.1 Å². The highest BCUT2D eigenvalue weighted by molar-refractivity contribution is 6.44. The van der Waals surface area contributed by atoms with Gasteiger partial charge in [0.1, 0.15) is 4.84 Å². The lowest BCUT2D eigenvalue weighted by Crippen LogP contribution is -2.05. The van der Waals surface area contributed by atoms with Crippen LogP contribution in [0.25, 0.3) is 0 Å². The third-order valence-corrected chi connectivity index (χ3v) is 1.69. The van der Waals surface area contributed by atoms with Gasteiger partial charge in [0, 0.05) is 0 Å². The Morgan fingerprint density at radius 2 is 1.67 bits per heavy atom. The Morgan fingerprint density at radius 1 is 1.11 bits per heavy atom. The number of hydrogen-bond donors (Lipinski definition) is 1. The topological polar surface area (TPSA) is 20.2 Å². The van der Waals surface area contributed by atoms with Gasteiger partial charge >= 0.3 is 0 Å². The first-order valence-electron chi connectivity index (χ1n) is 2.70. The van der Waals surface area contributed by atoms with E-state index in [1.807, 2.05) is 0 Å². The maximum absolute atomic E-state index is 8.43. The standard InChI is InChI=1S/C5H9Cl3O/c6-4(3-9)1-2-5(7)8/h4-5,9H,1-3H2. The molecular formula is C5H9Cl3O. The van der Waals surface area contributed by atoms with Crippen molar-refractivity contribution in [2.75, 3.05) is 6.61 Å². The number of hydrogen-bond acceptors (Lipinski definition) is 1. The zero-order chi connectivity index (χ0) is 7.28. The van der Waals surface area contributed by atoms with Crippen molar-refractivity contribution in [3.8, 4) is 0 Å². The van der Waals surface area contributed by atoms with E-state index in [1.165, 1.54) is 0 Å². The number of aliphatic hydroxyl groups excluding tert-OH is 1. The summed E-state index contributed by atoms with van der Waals surface area (Å²) in [6.45, 7) is -0.0119. The second kappa shape index (κ2) is 5.60. The molecule has 1 nitrogen and oxygen atoms in total. The Labute approximate surface area is 69.9 Å². The summed E-state index contributed by atoms with van der Waals surface area (Å²) in [5.74, 6) is 0. The Bertz CT molecular complexity index is 67.2. The van der Waals surface area contributed by atoms with Crippen LogP contribution in [-0.2, 0) is 0 Å². The highest BCUT2D eigenvalue weighted by Gasteiger charge is 2.05. The van der Waals surface area contributed by atoms with E-state index in [1.54, 1.807) is 0 Å². The molecule has 0 saturated heterocycles. The molecule has 0 saturated carbocycles. The first-order chi connectivity index (χ1) is 4.16. The largest absolute Gasteiger partial charge is 0.395 e. The molecule has 0 aliphatic heterocycles. The molecule has 0 spiro atoms. The number of halogens is 3. The van der Waals surface area contributed by atoms with E-state index < -0.39 is 0 Å². The normalized spacial score (nSPS) is 14.3. The molecule has 0 aromatic heterocycles. The predicted octanol–water partition coefficient (Wildman–Crippen LogP) is 2.17. The van der Waals surface area contributed by atoms with Crippen molar-refractivity contribution >= 4 is 34.8 Å². The van der Waals surface area contributed by atoms with Gasteiger partial charge in [0.05, 0.1) is 12.0 Å². The van der Waals surface area contributed by atoms with E-state index in [9.17, 15) is 0 Å². The SMILES string of the molecule is OCC(Cl)CCC(Cl)Cl. The molecule has 0 amide bonds. The summed E-state index contributed by atoms with van der Waals surface area (Å²) in [5.41, 5.74) is 0. The maximum atomic E-state index is 8.43. The minimum Gasteiger partial charge on any atom is -0.395 e. The Balaban J connectivity index is 3.06. The molecule has 1 unspecified atom stereocenters. The van der Waals surface area contributed by atoms with Crippen LogP contribution in [-0.4, -0.2) is 21.9 Å². The van der Waals surface area contributed by atoms with Crippen molar-refractivity contribution in [1.29, 1.82) is 0 Å². The lowest BCUT2D eigenvalue weighted by atomic mass is 10.2. The summed E-state index contributed by atoms with van der Waals surface area (Å²) in [6, 6.07) is 0. The molecule has 0 bridgehead atoms. The maximum Gasteiger partial charge on any atom is 0.107 e. The summed E-state index contributed by atoms with van der Waals surface area (Å²) >= 11 is 16.3. The van der Waals surface area contributed by atoms with Gasteiger partial charge < -0.3 is 5.11 Å². The van der Waals surface area contributed by atoms with Gasteiger partial charge in [-0.25, -0.2) is 0 Å². The zero-order valence-electron chi connectivity index (χ0n) is 4.86. The summed E-state index contributed by atoms with van der Waals surface area (Å²) in [4.78, 5) is -0.363. The van der Waals surface area contributed by atoms with Gasteiger partial charge in [0.25, 0.3) is 0 Å². The summed E-state index contributed by atoms with van der Waals surface area (Å²) < 4.78 is 0. The molecule has 4 heteroatoms. The molecule has 9 heavy (non-hydrogen) atoms. The van der Waals surface area contributed by atoms with Crippen molar-refractivity contribution in [3.05, 3.63) is 0 Å². The van der Waals surface area contributed by atoms with E-state index >= 15 is 0 Å². The zero-order valence-corrected chi connectivity index (χ0v) is 7.12. The lowest BCUT2D eigenvalue weighted by molar-refractivity contribution is 0.287. The van der Waals surface area contributed by atoms with Gasteiger partial charge in [-0.15, -0.1) is 34.8 Å². The molecule has 0 heterocycles. The minimum atomic E-state index is -0.363. The smallest absolute Gasteiger partial charge is 0.107 e. The van der Waals surface area contributed by atoms with Crippen molar-refractivity contribution in [3.63, 3.8) is 0 Å². The van der Waals surface area contributed by atoms with E-state index in [0.717, 1.165) is 0 Å². The average molecular weight is 191 g/mol. The van der Waals surface area contributed by atoms with Crippen LogP contribution >= 0.6 is 34.8 Å². The van der Waals surface area contributed by atoms with Crippen LogP contribution in [0.1, 0.15) is 12.8 Å². The monoisotopic (exact) mass is 190 g/mol. The number of aliphatic hydroxyl groups is 1. The van der Waals surface area contributed by atoms with Gasteiger partial charge in [-0.1, -0.05) is 0 Å². The van der Waals surface area contributed by atoms with Gasteiger partial charge in [0.2, 0.25) is 0 Å². The summed E-state index contributed by atoms with van der Waals surface area (Å²) in [7, 11) is 0. The van der Waals surface area contributed by atoms with E-state index in [2.05, 4.69) is 0 Å². The van der Waals surface area contributed by atoms with Gasteiger partial charge in [-0.05, 0) is 12.8 Å². The number of alkyl halides is 3. The van der Waals surface area contributed by atoms with E-state index in [4.69, 9.17) is 39.9 Å². The minimum absolute atomic E-state index is 0.0119. The molecule has 56 valence electrons. The molecule has 0 aliphatic rings. The molecule has 0 aromatic carbocycles. The first kappa shape index (κ1) is 9.83. The average Bonchev–Trinajstić information content (AvgIpc) is 1.83. The van der Waals surface area contributed by atoms with Crippen LogP contribution in [0.15, 0.2) is 0 Å². The van der Waals surface area contributed by atoms with Gasteiger partial charge in [-0.2, -0.15) is 0 Å². The second-order valence-electron chi connectivity index (χ2n) is 1.75. The van der Waals surface area contributed by atoms with Gasteiger partial charge in [0.15, 0.2) is 0 Å². The molecule has 0 aromatic rings. The highest BCUT2D eigenvalue weighted by atomic mass is 35.5. The van der Waals surface area contributed by atoms with Crippen molar-refractivity contribution in [1.82, 2.24) is 0 Å². The van der Waals surface area contributed by atoms with Crippen LogP contribution in [0.3, 0.4) is 0 Å². The molecule has 1 N–H and O–H groups in total. The Hall–Kier alpha value is 0.830. The molecule has 0 fully saturated rings.